The second kappa shape index (κ2) is 3.56. The van der Waals surface area contributed by atoms with E-state index in [0.29, 0.717) is 0 Å². The van der Waals surface area contributed by atoms with Crippen LogP contribution in [0.2, 0.25) is 19.6 Å². The van der Waals surface area contributed by atoms with E-state index < -0.39 is 8.07 Å². The van der Waals surface area contributed by atoms with Gasteiger partial charge in [-0.3, -0.25) is 0 Å². The first-order valence-corrected chi connectivity index (χ1v) is 7.58. The molecule has 1 aliphatic heterocycles. The van der Waals surface area contributed by atoms with Crippen LogP contribution in [-0.4, -0.2) is 28.4 Å². The molecule has 0 saturated carbocycles. The van der Waals surface area contributed by atoms with E-state index in [0.717, 1.165) is 13.2 Å². The van der Waals surface area contributed by atoms with Crippen LogP contribution in [-0.2, 0) is 9.31 Å². The van der Waals surface area contributed by atoms with Crippen LogP contribution < -0.4 is 0 Å². The fraction of sp³-hybridized carbons (Fsp3) is 0.714. The Labute approximate surface area is 69.7 Å². The Balaban J connectivity index is 2.34. The molecule has 0 unspecified atom stereocenters. The topological polar surface area (TPSA) is 18.5 Å². The molecule has 2 nitrogen and oxygen atoms in total. The Kier molecular flexibility index (Phi) is 2.92. The number of hydrogen-bond donors (Lipinski definition) is 0. The second-order valence-electron chi connectivity index (χ2n) is 3.84. The van der Waals surface area contributed by atoms with Crippen LogP contribution in [0, 0.1) is 0 Å². The molecule has 1 aliphatic rings. The lowest BCUT2D eigenvalue weighted by Gasteiger charge is -2.08. The zero-order valence-electron chi connectivity index (χ0n) is 7.46. The molecule has 11 heavy (non-hydrogen) atoms. The molecule has 0 aromatic rings. The van der Waals surface area contributed by atoms with E-state index in [1.165, 1.54) is 0 Å². The Morgan fingerprint density at radius 3 is 2.18 bits per heavy atom. The molecule has 0 atom stereocenters. The molecule has 1 heterocycles. The average molecular weight is 170 g/mol. The third kappa shape index (κ3) is 3.74. The summed E-state index contributed by atoms with van der Waals surface area (Å²) < 4.78 is 10.5. The molecule has 0 aromatic carbocycles. The molecule has 0 N–H and O–H groups in total. The highest BCUT2D eigenvalue weighted by molar-refractivity contribution is 6.81. The minimum Gasteiger partial charge on any atom is -0.405 e. The van der Waals surface area contributed by atoms with Crippen LogP contribution in [0.1, 0.15) is 0 Å². The molecule has 0 radical (unpaired) electrons. The van der Waals surface area contributed by atoms with Crippen molar-refractivity contribution in [1.29, 1.82) is 0 Å². The first kappa shape index (κ1) is 9.03. The molecule has 0 spiro atoms. The van der Waals surface area contributed by atoms with Gasteiger partial charge in [-0.1, -0.05) is 25.6 Å². The van der Waals surface area contributed by atoms with Crippen molar-refractivity contribution in [2.75, 3.05) is 13.2 Å². The first-order chi connectivity index (χ1) is 5.08. The van der Waals surface area contributed by atoms with E-state index in [9.17, 15) is 0 Å². The van der Waals surface area contributed by atoms with E-state index in [1.807, 2.05) is 5.98 Å². The van der Waals surface area contributed by atoms with Gasteiger partial charge in [0.25, 0.3) is 0 Å². The maximum Gasteiger partial charge on any atom is 0.485 e. The van der Waals surface area contributed by atoms with Crippen molar-refractivity contribution in [3.8, 4) is 0 Å². The van der Waals surface area contributed by atoms with Gasteiger partial charge in [-0.2, -0.15) is 0 Å². The van der Waals surface area contributed by atoms with Crippen molar-refractivity contribution in [1.82, 2.24) is 0 Å². The third-order valence-corrected chi connectivity index (χ3v) is 2.59. The molecule has 62 valence electrons. The van der Waals surface area contributed by atoms with Gasteiger partial charge < -0.3 is 9.31 Å². The maximum atomic E-state index is 5.26. The van der Waals surface area contributed by atoms with Crippen LogP contribution in [0.4, 0.5) is 0 Å². The summed E-state index contributed by atoms with van der Waals surface area (Å²) in [6.45, 7) is 8.34. The lowest BCUT2D eigenvalue weighted by molar-refractivity contribution is 0.365. The van der Waals surface area contributed by atoms with Crippen LogP contribution in [0.15, 0.2) is 11.7 Å². The minimum atomic E-state index is -1.07. The molecular formula is C7H15BO2Si. The number of hydrogen-bond acceptors (Lipinski definition) is 2. The molecule has 0 aliphatic carbocycles. The summed E-state index contributed by atoms with van der Waals surface area (Å²) in [4.78, 5) is 0. The quantitative estimate of drug-likeness (QED) is 0.584. The smallest absolute Gasteiger partial charge is 0.405 e. The highest BCUT2D eigenvalue weighted by Crippen LogP contribution is 2.05. The van der Waals surface area contributed by atoms with Gasteiger partial charge in [0.2, 0.25) is 0 Å². The summed E-state index contributed by atoms with van der Waals surface area (Å²) in [6, 6.07) is 0. The Morgan fingerprint density at radius 2 is 1.73 bits per heavy atom. The lowest BCUT2D eigenvalue weighted by atomic mass is 9.92. The van der Waals surface area contributed by atoms with Gasteiger partial charge in [-0.25, -0.2) is 0 Å². The average Bonchev–Trinajstić information content (AvgIpc) is 2.32. The predicted molar refractivity (Wildman–Crippen MR) is 50.1 cm³/mol. The Bertz CT molecular complexity index is 147. The van der Waals surface area contributed by atoms with Crippen LogP contribution in [0.3, 0.4) is 0 Å². The minimum absolute atomic E-state index is 0.0678. The monoisotopic (exact) mass is 170 g/mol. The Hall–Kier alpha value is -0.0582. The van der Waals surface area contributed by atoms with Crippen molar-refractivity contribution in [2.45, 2.75) is 19.6 Å². The fourth-order valence-electron chi connectivity index (χ4n) is 0.855. The van der Waals surface area contributed by atoms with Crippen LogP contribution in [0.5, 0.6) is 0 Å². The van der Waals surface area contributed by atoms with Crippen molar-refractivity contribution in [3.05, 3.63) is 11.7 Å². The predicted octanol–water partition coefficient (Wildman–Crippen LogP) is 1.49. The fourth-order valence-corrected chi connectivity index (χ4v) is 1.59. The Morgan fingerprint density at radius 1 is 1.18 bits per heavy atom. The van der Waals surface area contributed by atoms with Gasteiger partial charge in [0.15, 0.2) is 0 Å². The van der Waals surface area contributed by atoms with Crippen LogP contribution >= 0.6 is 0 Å². The molecule has 0 amide bonds. The largest absolute Gasteiger partial charge is 0.485 e. The standard InChI is InChI=1S/C7H15BO2Si/c1-11(2,3)7-4-8-9-5-6-10-8/h4,7H,5-6H2,1-3H3. The molecule has 1 saturated heterocycles. The van der Waals surface area contributed by atoms with Crippen LogP contribution in [0.25, 0.3) is 0 Å². The highest BCUT2D eigenvalue weighted by Gasteiger charge is 2.20. The van der Waals surface area contributed by atoms with Gasteiger partial charge in [0.05, 0.1) is 21.3 Å². The first-order valence-electron chi connectivity index (χ1n) is 4.00. The van der Waals surface area contributed by atoms with Gasteiger partial charge >= 0.3 is 7.12 Å². The van der Waals surface area contributed by atoms with E-state index in [2.05, 4.69) is 25.3 Å². The van der Waals surface area contributed by atoms with Crippen molar-refractivity contribution >= 4 is 15.2 Å². The van der Waals surface area contributed by atoms with E-state index in [-0.39, 0.29) is 7.12 Å². The zero-order chi connectivity index (χ0) is 8.32. The van der Waals surface area contributed by atoms with E-state index in [1.54, 1.807) is 0 Å². The van der Waals surface area contributed by atoms with Gasteiger partial charge in [-0.05, 0) is 0 Å². The van der Waals surface area contributed by atoms with Crippen molar-refractivity contribution < 1.29 is 9.31 Å². The summed E-state index contributed by atoms with van der Waals surface area (Å²) in [5.41, 5.74) is 2.25. The molecule has 1 fully saturated rings. The molecule has 0 bridgehead atoms. The summed E-state index contributed by atoms with van der Waals surface area (Å²) in [7, 11) is -1.13. The van der Waals surface area contributed by atoms with E-state index in [4.69, 9.17) is 9.31 Å². The molecule has 4 heteroatoms. The van der Waals surface area contributed by atoms with Gasteiger partial charge in [0, 0.05) is 0 Å². The lowest BCUT2D eigenvalue weighted by Crippen LogP contribution is -2.19. The van der Waals surface area contributed by atoms with Crippen molar-refractivity contribution in [2.24, 2.45) is 0 Å². The summed E-state index contributed by atoms with van der Waals surface area (Å²) in [6.07, 6.45) is 0. The maximum absolute atomic E-state index is 5.26. The highest BCUT2D eigenvalue weighted by atomic mass is 28.3. The summed E-state index contributed by atoms with van der Waals surface area (Å²) in [5.74, 6) is 2.04. The van der Waals surface area contributed by atoms with Gasteiger partial charge in [0.1, 0.15) is 0 Å². The summed E-state index contributed by atoms with van der Waals surface area (Å²) >= 11 is 0. The zero-order valence-corrected chi connectivity index (χ0v) is 8.46. The van der Waals surface area contributed by atoms with Crippen molar-refractivity contribution in [3.63, 3.8) is 0 Å². The van der Waals surface area contributed by atoms with E-state index >= 15 is 0 Å². The third-order valence-electron chi connectivity index (χ3n) is 1.40. The SMILES string of the molecule is C[Si](C)(C)C=CB1OCCO1. The van der Waals surface area contributed by atoms with Gasteiger partial charge in [-0.15, -0.1) is 5.70 Å². The second-order valence-corrected chi connectivity index (χ2v) is 8.90. The molecular weight excluding hydrogens is 155 g/mol. The molecule has 1 rings (SSSR count). The molecule has 0 aromatic heterocycles. The summed E-state index contributed by atoms with van der Waals surface area (Å²) in [5, 5.41) is 0. The normalized spacial score (nSPS) is 20.1. The number of rotatable bonds is 2.